The summed E-state index contributed by atoms with van der Waals surface area (Å²) in [5, 5.41) is 14.8. The van der Waals surface area contributed by atoms with Crippen LogP contribution in [0.1, 0.15) is 41.6 Å². The molecule has 0 saturated carbocycles. The van der Waals surface area contributed by atoms with Crippen LogP contribution in [0.4, 0.5) is 18.9 Å². The third-order valence-corrected chi connectivity index (χ3v) is 6.85. The van der Waals surface area contributed by atoms with Crippen LogP contribution < -0.4 is 4.90 Å². The van der Waals surface area contributed by atoms with E-state index in [1.165, 1.54) is 23.5 Å². The SMILES string of the molecule is CC(C)c1nc(-c2ccc(C(F)(F)F)cc2)sc1CCc1noc2cc(N(C)CC(=O)O)ccc12. The van der Waals surface area contributed by atoms with Crippen LogP contribution >= 0.6 is 11.3 Å². The van der Waals surface area contributed by atoms with Gasteiger partial charge in [-0.3, -0.25) is 4.79 Å². The number of carboxylic acid groups (broad SMARTS) is 1. The zero-order valence-corrected chi connectivity index (χ0v) is 20.2. The van der Waals surface area contributed by atoms with Crippen molar-refractivity contribution in [2.24, 2.45) is 0 Å². The van der Waals surface area contributed by atoms with Gasteiger partial charge in [0.05, 0.1) is 17.0 Å². The van der Waals surface area contributed by atoms with Gasteiger partial charge in [0, 0.05) is 34.6 Å². The van der Waals surface area contributed by atoms with E-state index in [-0.39, 0.29) is 12.5 Å². The summed E-state index contributed by atoms with van der Waals surface area (Å²) in [5.41, 5.74) is 2.97. The maximum Gasteiger partial charge on any atom is 0.416 e. The van der Waals surface area contributed by atoms with E-state index < -0.39 is 17.7 Å². The van der Waals surface area contributed by atoms with Crippen LogP contribution in [0.2, 0.25) is 0 Å². The van der Waals surface area contributed by atoms with Crippen molar-refractivity contribution in [2.45, 2.75) is 38.8 Å². The molecular formula is C25H24F3N3O3S. The first kappa shape index (κ1) is 24.7. The number of aromatic nitrogens is 2. The number of thiazole rings is 1. The molecule has 6 nitrogen and oxygen atoms in total. The van der Waals surface area contributed by atoms with Crippen LogP contribution in [-0.2, 0) is 23.8 Å². The van der Waals surface area contributed by atoms with E-state index in [9.17, 15) is 18.0 Å². The summed E-state index contributed by atoms with van der Waals surface area (Å²) >= 11 is 1.48. The molecule has 10 heteroatoms. The van der Waals surface area contributed by atoms with Gasteiger partial charge in [0.25, 0.3) is 0 Å². The third kappa shape index (κ3) is 5.48. The van der Waals surface area contributed by atoms with Gasteiger partial charge < -0.3 is 14.5 Å². The summed E-state index contributed by atoms with van der Waals surface area (Å²) in [4.78, 5) is 18.4. The Morgan fingerprint density at radius 3 is 2.49 bits per heavy atom. The number of likely N-dealkylation sites (N-methyl/N-ethyl adjacent to an activating group) is 1. The van der Waals surface area contributed by atoms with Crippen LogP contribution in [-0.4, -0.2) is 34.8 Å². The first-order valence-corrected chi connectivity index (χ1v) is 11.8. The molecular weight excluding hydrogens is 479 g/mol. The van der Waals surface area contributed by atoms with Gasteiger partial charge in [0.1, 0.15) is 11.6 Å². The monoisotopic (exact) mass is 503 g/mol. The smallest absolute Gasteiger partial charge is 0.416 e. The third-order valence-electron chi connectivity index (χ3n) is 5.67. The molecule has 0 saturated heterocycles. The predicted octanol–water partition coefficient (Wildman–Crippen LogP) is 6.40. The molecule has 2 aromatic heterocycles. The van der Waals surface area contributed by atoms with Crippen molar-refractivity contribution in [1.29, 1.82) is 0 Å². The van der Waals surface area contributed by atoms with E-state index in [4.69, 9.17) is 14.6 Å². The number of anilines is 1. The molecule has 0 atom stereocenters. The van der Waals surface area contributed by atoms with Gasteiger partial charge in [-0.1, -0.05) is 31.1 Å². The Bertz CT molecular complexity index is 1340. The average molecular weight is 504 g/mol. The predicted molar refractivity (Wildman–Crippen MR) is 129 cm³/mol. The number of hydrogen-bond acceptors (Lipinski definition) is 6. The Labute approximate surface area is 204 Å². The minimum Gasteiger partial charge on any atom is -0.480 e. The van der Waals surface area contributed by atoms with Crippen LogP contribution in [0.3, 0.4) is 0 Å². The lowest BCUT2D eigenvalue weighted by atomic mass is 10.1. The lowest BCUT2D eigenvalue weighted by Gasteiger charge is -2.16. The zero-order chi connectivity index (χ0) is 25.3. The zero-order valence-electron chi connectivity index (χ0n) is 19.4. The average Bonchev–Trinajstić information content (AvgIpc) is 3.40. The second-order valence-electron chi connectivity index (χ2n) is 8.62. The number of fused-ring (bicyclic) bond motifs is 1. The number of hydrogen-bond donors (Lipinski definition) is 1. The minimum absolute atomic E-state index is 0.128. The number of carboxylic acids is 1. The fourth-order valence-corrected chi connectivity index (χ4v) is 5.06. The van der Waals surface area contributed by atoms with E-state index in [0.29, 0.717) is 34.7 Å². The first-order valence-electron chi connectivity index (χ1n) is 11.0. The van der Waals surface area contributed by atoms with Crippen molar-refractivity contribution in [2.75, 3.05) is 18.5 Å². The molecule has 0 radical (unpaired) electrons. The summed E-state index contributed by atoms with van der Waals surface area (Å²) in [5.74, 6) is -0.766. The van der Waals surface area contributed by atoms with E-state index >= 15 is 0 Å². The molecule has 184 valence electrons. The Hall–Kier alpha value is -3.40. The summed E-state index contributed by atoms with van der Waals surface area (Å²) in [6.07, 6.45) is -3.11. The molecule has 2 heterocycles. The largest absolute Gasteiger partial charge is 0.480 e. The molecule has 1 N–H and O–H groups in total. The normalized spacial score (nSPS) is 12.0. The van der Waals surface area contributed by atoms with Crippen molar-refractivity contribution in [3.8, 4) is 10.6 Å². The molecule has 0 fully saturated rings. The fraction of sp³-hybridized carbons (Fsp3) is 0.320. The number of nitrogens with zero attached hydrogens (tertiary/aromatic N) is 3. The molecule has 0 aliphatic carbocycles. The molecule has 0 spiro atoms. The number of alkyl halides is 3. The molecule has 2 aromatic carbocycles. The van der Waals surface area contributed by atoms with Gasteiger partial charge in [-0.15, -0.1) is 11.3 Å². The Morgan fingerprint density at radius 1 is 1.14 bits per heavy atom. The number of carbonyl (C=O) groups is 1. The maximum absolute atomic E-state index is 12.9. The molecule has 4 rings (SSSR count). The van der Waals surface area contributed by atoms with Gasteiger partial charge in [-0.2, -0.15) is 13.2 Å². The van der Waals surface area contributed by atoms with Crippen molar-refractivity contribution in [3.63, 3.8) is 0 Å². The number of aliphatic carboxylic acids is 1. The molecule has 0 bridgehead atoms. The second kappa shape index (κ2) is 9.69. The molecule has 0 amide bonds. The van der Waals surface area contributed by atoms with Gasteiger partial charge in [0.15, 0.2) is 5.58 Å². The molecule has 35 heavy (non-hydrogen) atoms. The summed E-state index contributed by atoms with van der Waals surface area (Å²) in [6.45, 7) is 3.95. The van der Waals surface area contributed by atoms with Gasteiger partial charge in [-0.05, 0) is 43.0 Å². The number of aryl methyl sites for hydroxylation is 2. The Morgan fingerprint density at radius 2 is 1.86 bits per heavy atom. The van der Waals surface area contributed by atoms with Crippen LogP contribution in [0.15, 0.2) is 47.0 Å². The minimum atomic E-state index is -4.37. The highest BCUT2D eigenvalue weighted by molar-refractivity contribution is 7.15. The number of rotatable bonds is 8. The topological polar surface area (TPSA) is 79.5 Å². The van der Waals surface area contributed by atoms with Crippen molar-refractivity contribution in [1.82, 2.24) is 10.1 Å². The van der Waals surface area contributed by atoms with Crippen molar-refractivity contribution < 1.29 is 27.6 Å². The highest BCUT2D eigenvalue weighted by Crippen LogP contribution is 2.35. The van der Waals surface area contributed by atoms with Crippen molar-refractivity contribution in [3.05, 3.63) is 64.3 Å². The summed E-state index contributed by atoms with van der Waals surface area (Å²) < 4.78 is 44.2. The molecule has 0 aliphatic rings. The Balaban J connectivity index is 1.54. The number of halogens is 3. The lowest BCUT2D eigenvalue weighted by molar-refractivity contribution is -0.137. The van der Waals surface area contributed by atoms with E-state index in [1.54, 1.807) is 18.0 Å². The van der Waals surface area contributed by atoms with E-state index in [0.717, 1.165) is 33.8 Å². The fourth-order valence-electron chi connectivity index (χ4n) is 3.84. The number of benzene rings is 2. The molecule has 0 aliphatic heterocycles. The lowest BCUT2D eigenvalue weighted by Crippen LogP contribution is -2.24. The molecule has 0 unspecified atom stereocenters. The highest BCUT2D eigenvalue weighted by Gasteiger charge is 2.30. The van der Waals surface area contributed by atoms with Gasteiger partial charge in [0.2, 0.25) is 0 Å². The first-order chi connectivity index (χ1) is 16.5. The van der Waals surface area contributed by atoms with Gasteiger partial charge >= 0.3 is 12.1 Å². The highest BCUT2D eigenvalue weighted by atomic mass is 32.1. The summed E-state index contributed by atoms with van der Waals surface area (Å²) in [6, 6.07) is 10.5. The summed E-state index contributed by atoms with van der Waals surface area (Å²) in [7, 11) is 1.69. The Kier molecular flexibility index (Phi) is 6.84. The van der Waals surface area contributed by atoms with E-state index in [2.05, 4.69) is 5.16 Å². The quantitative estimate of drug-likeness (QED) is 0.300. The maximum atomic E-state index is 12.9. The standard InChI is InChI=1S/C25H24F3N3O3S/c1-14(2)23-21(35-24(29-23)15-4-6-16(7-5-15)25(26,27)28)11-10-19-18-9-8-17(12-20(18)34-30-19)31(3)13-22(32)33/h4-9,12,14H,10-11,13H2,1-3H3,(H,32,33). The second-order valence-corrected chi connectivity index (χ2v) is 9.70. The van der Waals surface area contributed by atoms with Crippen LogP contribution in [0.5, 0.6) is 0 Å². The van der Waals surface area contributed by atoms with E-state index in [1.807, 2.05) is 26.0 Å². The molecule has 4 aromatic rings. The van der Waals surface area contributed by atoms with Crippen LogP contribution in [0, 0.1) is 0 Å². The van der Waals surface area contributed by atoms with Crippen LogP contribution in [0.25, 0.3) is 21.5 Å². The van der Waals surface area contributed by atoms with Crippen molar-refractivity contribution >= 4 is 34.0 Å². The van der Waals surface area contributed by atoms with Gasteiger partial charge in [-0.25, -0.2) is 4.98 Å².